The number of rotatable bonds is 0. The quantitative estimate of drug-likeness (QED) is 0.724. The molecule has 61 valence electrons. The number of imidazole rings is 1. The van der Waals surface area contributed by atoms with Crippen molar-refractivity contribution in [3.63, 3.8) is 0 Å². The number of nitrogens with zero attached hydrogens (tertiary/aromatic N) is 2. The molecular formula is C7H5IN3O. The van der Waals surface area contributed by atoms with Crippen molar-refractivity contribution in [1.82, 2.24) is 15.3 Å². The number of fused-ring (bicyclic) bond motifs is 1. The zero-order valence-corrected chi connectivity index (χ0v) is 8.42. The highest BCUT2D eigenvalue weighted by molar-refractivity contribution is 14.1. The average Bonchev–Trinajstić information content (AvgIpc) is 2.29. The molecule has 2 rings (SSSR count). The Hall–Kier alpha value is -0.850. The van der Waals surface area contributed by atoms with E-state index in [1.165, 1.54) is 6.08 Å². The maximum Gasteiger partial charge on any atom is 0.272 e. The van der Waals surface area contributed by atoms with E-state index in [2.05, 4.69) is 37.9 Å². The Morgan fingerprint density at radius 1 is 1.58 bits per heavy atom. The summed E-state index contributed by atoms with van der Waals surface area (Å²) in [6.07, 6.45) is 1.49. The maximum atomic E-state index is 10.9. The molecule has 2 heterocycles. The molecule has 0 saturated carbocycles. The topological polar surface area (TPSA) is 59.9 Å². The normalized spacial score (nSPS) is 15.2. The molecular weight excluding hydrogens is 269 g/mol. The van der Waals surface area contributed by atoms with Gasteiger partial charge in [-0.15, -0.1) is 0 Å². The number of aromatic nitrogens is 2. The number of aryl methyl sites for hydroxylation is 1. The van der Waals surface area contributed by atoms with Gasteiger partial charge in [-0.2, -0.15) is 5.32 Å². The molecule has 1 amide bonds. The Kier molecular flexibility index (Phi) is 1.67. The van der Waals surface area contributed by atoms with Crippen LogP contribution in [0.4, 0.5) is 5.82 Å². The standard InChI is InChI=1S/C7H5IN3O/c1-3-9-6-4(8)2-5(12)11-7(6)10-3/h2H,1H3,(H,9,10). The molecule has 0 spiro atoms. The summed E-state index contributed by atoms with van der Waals surface area (Å²) in [6.45, 7) is 1.84. The third kappa shape index (κ3) is 1.13. The van der Waals surface area contributed by atoms with E-state index in [0.717, 1.165) is 15.1 Å². The van der Waals surface area contributed by atoms with Crippen LogP contribution in [0.5, 0.6) is 0 Å². The van der Waals surface area contributed by atoms with Crippen molar-refractivity contribution in [3.05, 3.63) is 17.6 Å². The summed E-state index contributed by atoms with van der Waals surface area (Å²) in [4.78, 5) is 18.0. The largest absolute Gasteiger partial charge is 0.340 e. The maximum absolute atomic E-state index is 10.9. The second kappa shape index (κ2) is 2.58. The van der Waals surface area contributed by atoms with Gasteiger partial charge in [-0.1, -0.05) is 0 Å². The molecule has 1 aromatic rings. The lowest BCUT2D eigenvalue weighted by Gasteiger charge is -2.04. The molecule has 1 aliphatic heterocycles. The molecule has 1 N–H and O–H groups in total. The summed E-state index contributed by atoms with van der Waals surface area (Å²) < 4.78 is 0.864. The minimum Gasteiger partial charge on any atom is -0.340 e. The van der Waals surface area contributed by atoms with Gasteiger partial charge in [-0.05, 0) is 29.5 Å². The lowest BCUT2D eigenvalue weighted by molar-refractivity contribution is -0.115. The first kappa shape index (κ1) is 7.78. The van der Waals surface area contributed by atoms with Crippen LogP contribution < -0.4 is 5.32 Å². The van der Waals surface area contributed by atoms with E-state index < -0.39 is 0 Å². The fraction of sp³-hybridized carbons (Fsp3) is 0.143. The molecule has 4 nitrogen and oxygen atoms in total. The molecule has 0 unspecified atom stereocenters. The van der Waals surface area contributed by atoms with E-state index in [4.69, 9.17) is 0 Å². The fourth-order valence-corrected chi connectivity index (χ4v) is 1.69. The van der Waals surface area contributed by atoms with Gasteiger partial charge in [-0.3, -0.25) is 4.79 Å². The van der Waals surface area contributed by atoms with Gasteiger partial charge < -0.3 is 4.98 Å². The van der Waals surface area contributed by atoms with Gasteiger partial charge in [0.1, 0.15) is 5.82 Å². The number of carbonyl (C=O) groups excluding carboxylic acids is 1. The first-order chi connectivity index (χ1) is 5.66. The predicted octanol–water partition coefficient (Wildman–Crippen LogP) is 1.27. The van der Waals surface area contributed by atoms with Gasteiger partial charge >= 0.3 is 0 Å². The number of amides is 1. The van der Waals surface area contributed by atoms with Gasteiger partial charge in [-0.25, -0.2) is 4.98 Å². The van der Waals surface area contributed by atoms with Crippen LogP contribution in [0.3, 0.4) is 0 Å². The number of halogens is 1. The highest BCUT2D eigenvalue weighted by Crippen LogP contribution is 2.29. The van der Waals surface area contributed by atoms with Crippen LogP contribution in [0.15, 0.2) is 6.08 Å². The molecule has 1 radical (unpaired) electrons. The first-order valence-corrected chi connectivity index (χ1v) is 4.44. The molecule has 12 heavy (non-hydrogen) atoms. The number of hydrogen-bond donors (Lipinski definition) is 1. The molecule has 0 aromatic carbocycles. The van der Waals surface area contributed by atoms with Gasteiger partial charge in [0.2, 0.25) is 0 Å². The molecule has 0 bridgehead atoms. The van der Waals surface area contributed by atoms with E-state index in [1.807, 2.05) is 6.92 Å². The third-order valence-electron chi connectivity index (χ3n) is 1.51. The average molecular weight is 274 g/mol. The highest BCUT2D eigenvalue weighted by Gasteiger charge is 2.20. The van der Waals surface area contributed by atoms with Crippen molar-refractivity contribution in [3.8, 4) is 0 Å². The van der Waals surface area contributed by atoms with Gasteiger partial charge in [0, 0.05) is 9.66 Å². The Bertz CT molecular complexity index is 380. The smallest absolute Gasteiger partial charge is 0.272 e. The molecule has 0 atom stereocenters. The van der Waals surface area contributed by atoms with Crippen molar-refractivity contribution in [2.24, 2.45) is 0 Å². The van der Waals surface area contributed by atoms with Crippen molar-refractivity contribution in [2.45, 2.75) is 6.92 Å². The number of H-pyrrole nitrogens is 1. The zero-order chi connectivity index (χ0) is 8.72. The lowest BCUT2D eigenvalue weighted by Crippen LogP contribution is -2.12. The van der Waals surface area contributed by atoms with Gasteiger partial charge in [0.05, 0.1) is 5.69 Å². The van der Waals surface area contributed by atoms with E-state index in [-0.39, 0.29) is 5.91 Å². The summed E-state index contributed by atoms with van der Waals surface area (Å²) in [6, 6.07) is 0. The molecule has 0 fully saturated rings. The SMILES string of the molecule is Cc1nc2c([nH]1)C(I)=CC(=O)[N]2. The molecule has 0 saturated heterocycles. The Morgan fingerprint density at radius 2 is 2.33 bits per heavy atom. The fourth-order valence-electron chi connectivity index (χ4n) is 1.04. The zero-order valence-electron chi connectivity index (χ0n) is 6.26. The van der Waals surface area contributed by atoms with Crippen LogP contribution >= 0.6 is 22.6 Å². The minimum absolute atomic E-state index is 0.238. The van der Waals surface area contributed by atoms with Crippen molar-refractivity contribution >= 4 is 37.9 Å². The first-order valence-electron chi connectivity index (χ1n) is 3.36. The Morgan fingerprint density at radius 3 is 3.08 bits per heavy atom. The molecule has 1 aliphatic rings. The Labute approximate surface area is 82.6 Å². The van der Waals surface area contributed by atoms with Crippen LogP contribution in [0, 0.1) is 6.92 Å². The molecule has 5 heteroatoms. The van der Waals surface area contributed by atoms with Crippen LogP contribution in [-0.4, -0.2) is 15.9 Å². The number of hydrogen-bond acceptors (Lipinski definition) is 2. The highest BCUT2D eigenvalue weighted by atomic mass is 127. The van der Waals surface area contributed by atoms with Crippen molar-refractivity contribution in [1.29, 1.82) is 0 Å². The summed E-state index contributed by atoms with van der Waals surface area (Å²) in [5, 5.41) is 3.75. The van der Waals surface area contributed by atoms with E-state index >= 15 is 0 Å². The second-order valence-corrected chi connectivity index (χ2v) is 3.63. The van der Waals surface area contributed by atoms with Crippen LogP contribution in [0.25, 0.3) is 3.58 Å². The third-order valence-corrected chi connectivity index (χ3v) is 2.36. The predicted molar refractivity (Wildman–Crippen MR) is 52.1 cm³/mol. The lowest BCUT2D eigenvalue weighted by atomic mass is 10.3. The monoisotopic (exact) mass is 274 g/mol. The number of aromatic amines is 1. The van der Waals surface area contributed by atoms with Crippen molar-refractivity contribution in [2.75, 3.05) is 0 Å². The van der Waals surface area contributed by atoms with E-state index in [0.29, 0.717) is 5.82 Å². The van der Waals surface area contributed by atoms with Crippen LogP contribution in [-0.2, 0) is 4.79 Å². The van der Waals surface area contributed by atoms with Crippen molar-refractivity contribution < 1.29 is 4.79 Å². The van der Waals surface area contributed by atoms with Gasteiger partial charge in [0.25, 0.3) is 5.91 Å². The van der Waals surface area contributed by atoms with Gasteiger partial charge in [0.15, 0.2) is 5.82 Å². The minimum atomic E-state index is -0.238. The summed E-state index contributed by atoms with van der Waals surface area (Å²) in [5.74, 6) is 1.05. The number of nitrogens with one attached hydrogen (secondary N) is 1. The molecule has 1 aromatic heterocycles. The summed E-state index contributed by atoms with van der Waals surface area (Å²) in [5.41, 5.74) is 0.840. The summed E-state index contributed by atoms with van der Waals surface area (Å²) >= 11 is 2.09. The second-order valence-electron chi connectivity index (χ2n) is 2.46. The number of carbonyl (C=O) groups is 1. The molecule has 0 aliphatic carbocycles. The summed E-state index contributed by atoms with van der Waals surface area (Å²) in [7, 11) is 0. The van der Waals surface area contributed by atoms with Crippen LogP contribution in [0.2, 0.25) is 0 Å². The Balaban J connectivity index is 2.58. The van der Waals surface area contributed by atoms with E-state index in [9.17, 15) is 4.79 Å². The van der Waals surface area contributed by atoms with Crippen LogP contribution in [0.1, 0.15) is 11.5 Å². The van der Waals surface area contributed by atoms with E-state index in [1.54, 1.807) is 0 Å².